The number of rotatable bonds is 9. The second-order valence-corrected chi connectivity index (χ2v) is 11.8. The van der Waals surface area contributed by atoms with Gasteiger partial charge >= 0.3 is 18.2 Å². The standard InChI is InChI=1S/C25H39N7O9/c1-24(2,3)40-22(37)30-12(7-8-13(21(35)36)31-23(38)41-25(4,5)6)9-14-16(33)17(34)20(39-14)32-11-29-15-18(26)27-10-28-19(15)32/h10-14,16-17,20,33-34H,7-9H2,1-6H3,(H,30,37)(H,31,38)(H,35,36)(H2,26,27,28)/t12-,13-,14+,16-,17+,20+/m0/s1. The van der Waals surface area contributed by atoms with Gasteiger partial charge in [-0.2, -0.15) is 0 Å². The van der Waals surface area contributed by atoms with E-state index in [4.69, 9.17) is 19.9 Å². The summed E-state index contributed by atoms with van der Waals surface area (Å²) in [6.07, 6.45) is -4.03. The number of carbonyl (C=O) groups excluding carboxylic acids is 2. The summed E-state index contributed by atoms with van der Waals surface area (Å²) >= 11 is 0. The number of nitrogens with two attached hydrogens (primary N) is 1. The van der Waals surface area contributed by atoms with E-state index < -0.39 is 66.0 Å². The van der Waals surface area contributed by atoms with Crippen molar-refractivity contribution < 1.29 is 43.9 Å². The minimum absolute atomic E-state index is 0.0313. The molecule has 1 fully saturated rings. The molecule has 0 unspecified atom stereocenters. The van der Waals surface area contributed by atoms with Crippen molar-refractivity contribution in [1.29, 1.82) is 0 Å². The molecule has 3 heterocycles. The number of aliphatic hydroxyl groups excluding tert-OH is 2. The van der Waals surface area contributed by atoms with Crippen LogP contribution in [0.25, 0.3) is 11.2 Å². The zero-order chi connectivity index (χ0) is 30.7. The lowest BCUT2D eigenvalue weighted by Gasteiger charge is -2.27. The van der Waals surface area contributed by atoms with Crippen molar-refractivity contribution in [2.45, 2.75) is 109 Å². The summed E-state index contributed by atoms with van der Waals surface area (Å²) in [4.78, 5) is 48.8. The Balaban J connectivity index is 1.76. The Labute approximate surface area is 236 Å². The van der Waals surface area contributed by atoms with Crippen LogP contribution in [0.2, 0.25) is 0 Å². The number of nitrogens with one attached hydrogen (secondary N) is 2. The number of hydrogen-bond acceptors (Lipinski definition) is 12. The van der Waals surface area contributed by atoms with Crippen LogP contribution < -0.4 is 16.4 Å². The molecule has 2 aromatic rings. The predicted molar refractivity (Wildman–Crippen MR) is 143 cm³/mol. The van der Waals surface area contributed by atoms with Crippen molar-refractivity contribution in [1.82, 2.24) is 30.2 Å². The number of carbonyl (C=O) groups is 3. The average Bonchev–Trinajstić information content (AvgIpc) is 3.36. The third kappa shape index (κ3) is 8.61. The Hall–Kier alpha value is -3.76. The van der Waals surface area contributed by atoms with Gasteiger partial charge < -0.3 is 45.9 Å². The summed E-state index contributed by atoms with van der Waals surface area (Å²) in [7, 11) is 0. The number of imidazole rings is 1. The highest BCUT2D eigenvalue weighted by Crippen LogP contribution is 2.34. The summed E-state index contributed by atoms with van der Waals surface area (Å²) in [6.45, 7) is 9.99. The molecule has 228 valence electrons. The number of amides is 2. The predicted octanol–water partition coefficient (Wildman–Crippen LogP) is 1.07. The van der Waals surface area contributed by atoms with Crippen LogP contribution in [0.1, 0.15) is 67.0 Å². The third-order valence-corrected chi connectivity index (χ3v) is 6.03. The minimum atomic E-state index is -1.39. The quantitative estimate of drug-likeness (QED) is 0.243. The molecule has 0 saturated carbocycles. The van der Waals surface area contributed by atoms with Crippen LogP contribution in [-0.2, 0) is 19.0 Å². The van der Waals surface area contributed by atoms with Crippen LogP contribution in [0.4, 0.5) is 15.4 Å². The lowest BCUT2D eigenvalue weighted by molar-refractivity contribution is -0.139. The van der Waals surface area contributed by atoms with E-state index in [1.165, 1.54) is 17.2 Å². The topological polar surface area (TPSA) is 233 Å². The number of ether oxygens (including phenoxy) is 3. The molecule has 1 aliphatic heterocycles. The number of alkyl carbamates (subject to hydrolysis) is 2. The SMILES string of the molecule is CC(C)(C)OC(=O)N[C@@H](CC[C@H](NC(=O)OC(C)(C)C)C(=O)O)C[C@H]1O[C@@H](n2cnc3c(N)ncnc32)[C@H](O)[C@H]1O. The first-order valence-corrected chi connectivity index (χ1v) is 13.1. The zero-order valence-electron chi connectivity index (χ0n) is 23.9. The highest BCUT2D eigenvalue weighted by atomic mass is 16.6. The van der Waals surface area contributed by atoms with Gasteiger partial charge in [-0.05, 0) is 60.8 Å². The monoisotopic (exact) mass is 581 g/mol. The van der Waals surface area contributed by atoms with Gasteiger partial charge in [-0.1, -0.05) is 0 Å². The maximum absolute atomic E-state index is 12.6. The molecule has 3 rings (SSSR count). The van der Waals surface area contributed by atoms with Gasteiger partial charge in [-0.3, -0.25) is 4.57 Å². The van der Waals surface area contributed by atoms with Crippen LogP contribution in [0, 0.1) is 0 Å². The Morgan fingerprint density at radius 3 is 2.20 bits per heavy atom. The van der Waals surface area contributed by atoms with Crippen LogP contribution in [0.15, 0.2) is 12.7 Å². The fraction of sp³-hybridized carbons (Fsp3) is 0.680. The molecule has 6 atom stereocenters. The average molecular weight is 582 g/mol. The summed E-state index contributed by atoms with van der Waals surface area (Å²) in [6, 6.07) is -2.11. The van der Waals surface area contributed by atoms with Crippen LogP contribution in [0.3, 0.4) is 0 Å². The first-order chi connectivity index (χ1) is 18.9. The number of aromatic nitrogens is 4. The maximum Gasteiger partial charge on any atom is 0.408 e. The Morgan fingerprint density at radius 2 is 1.61 bits per heavy atom. The van der Waals surface area contributed by atoms with Crippen LogP contribution in [-0.4, -0.2) is 94.6 Å². The smallest absolute Gasteiger partial charge is 0.408 e. The molecule has 0 radical (unpaired) electrons. The second kappa shape index (κ2) is 12.4. The Bertz CT molecular complexity index is 1240. The number of nitrogen functional groups attached to an aromatic ring is 1. The summed E-state index contributed by atoms with van der Waals surface area (Å²) < 4.78 is 17.9. The molecule has 41 heavy (non-hydrogen) atoms. The lowest BCUT2D eigenvalue weighted by atomic mass is 9.97. The van der Waals surface area contributed by atoms with Gasteiger partial charge in [-0.25, -0.2) is 29.3 Å². The minimum Gasteiger partial charge on any atom is -0.480 e. The molecular formula is C25H39N7O9. The van der Waals surface area contributed by atoms with Crippen molar-refractivity contribution in [2.75, 3.05) is 5.73 Å². The molecule has 16 heteroatoms. The van der Waals surface area contributed by atoms with Crippen molar-refractivity contribution in [3.63, 3.8) is 0 Å². The van der Waals surface area contributed by atoms with Gasteiger partial charge in [0.1, 0.15) is 41.3 Å². The van der Waals surface area contributed by atoms with Crippen molar-refractivity contribution >= 4 is 35.1 Å². The largest absolute Gasteiger partial charge is 0.480 e. The normalized spacial score (nSPS) is 22.6. The van der Waals surface area contributed by atoms with Crippen LogP contribution in [0.5, 0.6) is 0 Å². The number of carboxylic acid groups (broad SMARTS) is 1. The molecular weight excluding hydrogens is 542 g/mol. The van der Waals surface area contributed by atoms with Gasteiger partial charge in [-0.15, -0.1) is 0 Å². The fourth-order valence-corrected chi connectivity index (χ4v) is 4.29. The molecule has 7 N–H and O–H groups in total. The molecule has 2 aromatic heterocycles. The highest BCUT2D eigenvalue weighted by molar-refractivity contribution is 5.81. The van der Waals surface area contributed by atoms with Crippen molar-refractivity contribution in [3.8, 4) is 0 Å². The Morgan fingerprint density at radius 1 is 1.00 bits per heavy atom. The van der Waals surface area contributed by atoms with E-state index >= 15 is 0 Å². The molecule has 2 amide bonds. The fourth-order valence-electron chi connectivity index (χ4n) is 4.29. The molecule has 0 bridgehead atoms. The molecule has 16 nitrogen and oxygen atoms in total. The van der Waals surface area contributed by atoms with E-state index in [1.54, 1.807) is 41.5 Å². The molecule has 0 aromatic carbocycles. The van der Waals surface area contributed by atoms with E-state index in [1.807, 2.05) is 0 Å². The lowest BCUT2D eigenvalue weighted by Crippen LogP contribution is -2.46. The van der Waals surface area contributed by atoms with E-state index in [0.717, 1.165) is 0 Å². The van der Waals surface area contributed by atoms with Gasteiger partial charge in [0.2, 0.25) is 0 Å². The summed E-state index contributed by atoms with van der Waals surface area (Å²) in [5.41, 5.74) is 4.78. The van der Waals surface area contributed by atoms with Gasteiger partial charge in [0.15, 0.2) is 17.7 Å². The second-order valence-electron chi connectivity index (χ2n) is 11.8. The number of aliphatic carboxylic acids is 1. The Kier molecular flexibility index (Phi) is 9.61. The number of aliphatic hydroxyl groups is 2. The summed E-state index contributed by atoms with van der Waals surface area (Å²) in [5.74, 6) is -1.17. The first-order valence-electron chi connectivity index (χ1n) is 13.1. The van der Waals surface area contributed by atoms with E-state index in [2.05, 4.69) is 25.6 Å². The van der Waals surface area contributed by atoms with Gasteiger partial charge in [0.25, 0.3) is 0 Å². The zero-order valence-corrected chi connectivity index (χ0v) is 23.9. The summed E-state index contributed by atoms with van der Waals surface area (Å²) in [5, 5.41) is 36.3. The molecule has 0 spiro atoms. The number of carboxylic acids is 1. The van der Waals surface area contributed by atoms with Gasteiger partial charge in [0.05, 0.1) is 12.4 Å². The van der Waals surface area contributed by atoms with Crippen molar-refractivity contribution in [3.05, 3.63) is 12.7 Å². The highest BCUT2D eigenvalue weighted by Gasteiger charge is 2.45. The third-order valence-electron chi connectivity index (χ3n) is 6.03. The van der Waals surface area contributed by atoms with E-state index in [9.17, 15) is 29.7 Å². The number of hydrogen-bond donors (Lipinski definition) is 6. The number of anilines is 1. The molecule has 0 aliphatic carbocycles. The molecule has 1 saturated heterocycles. The first kappa shape index (κ1) is 31.8. The number of fused-ring (bicyclic) bond motifs is 1. The van der Waals surface area contributed by atoms with E-state index in [-0.39, 0.29) is 30.7 Å². The molecule has 1 aliphatic rings. The van der Waals surface area contributed by atoms with Gasteiger partial charge in [0, 0.05) is 6.04 Å². The number of nitrogens with zero attached hydrogens (tertiary/aromatic N) is 4. The van der Waals surface area contributed by atoms with E-state index in [0.29, 0.717) is 5.52 Å². The maximum atomic E-state index is 12.6. The van der Waals surface area contributed by atoms with Crippen molar-refractivity contribution in [2.24, 2.45) is 0 Å². The van der Waals surface area contributed by atoms with Crippen LogP contribution >= 0.6 is 0 Å².